The zero-order valence-corrected chi connectivity index (χ0v) is 10.5. The molecule has 2 rings (SSSR count). The van der Waals surface area contributed by atoms with E-state index in [2.05, 4.69) is 34.9 Å². The van der Waals surface area contributed by atoms with E-state index in [1.54, 1.807) is 22.7 Å². The Morgan fingerprint density at radius 2 is 2.27 bits per heavy atom. The molecule has 0 aliphatic heterocycles. The van der Waals surface area contributed by atoms with Gasteiger partial charge in [0.1, 0.15) is 0 Å². The Morgan fingerprint density at radius 3 is 2.87 bits per heavy atom. The molecule has 0 bridgehead atoms. The smallest absolute Gasteiger partial charge is 0.0925 e. The molecule has 0 spiro atoms. The van der Waals surface area contributed by atoms with Gasteiger partial charge >= 0.3 is 0 Å². The van der Waals surface area contributed by atoms with Crippen LogP contribution in [-0.4, -0.2) is 4.98 Å². The predicted octanol–water partition coefficient (Wildman–Crippen LogP) is 3.69. The van der Waals surface area contributed by atoms with Crippen molar-refractivity contribution in [1.29, 1.82) is 0 Å². The van der Waals surface area contributed by atoms with Crippen molar-refractivity contribution >= 4 is 28.4 Å². The molecule has 2 heterocycles. The third kappa shape index (κ3) is 2.58. The summed E-state index contributed by atoms with van der Waals surface area (Å²) in [5, 5.41) is 8.95. The molecule has 80 valence electrons. The van der Waals surface area contributed by atoms with Gasteiger partial charge in [-0.15, -0.1) is 22.7 Å². The number of thiazole rings is 1. The van der Waals surface area contributed by atoms with E-state index in [0.717, 1.165) is 13.0 Å². The standard InChI is InChI=1S/C11H14N2S2/c1-3-11-13-5-9(15-11)4-12-10-7-14-6-8(10)2/h5-7,12H,3-4H2,1-2H3. The van der Waals surface area contributed by atoms with Crippen LogP contribution in [0.5, 0.6) is 0 Å². The summed E-state index contributed by atoms with van der Waals surface area (Å²) < 4.78 is 0. The molecule has 0 fully saturated rings. The van der Waals surface area contributed by atoms with Gasteiger partial charge in [0.05, 0.1) is 11.6 Å². The average molecular weight is 238 g/mol. The molecule has 0 amide bonds. The Bertz CT molecular complexity index is 431. The van der Waals surface area contributed by atoms with E-state index in [0.29, 0.717) is 0 Å². The number of nitrogens with zero attached hydrogens (tertiary/aromatic N) is 1. The van der Waals surface area contributed by atoms with Crippen molar-refractivity contribution in [2.45, 2.75) is 26.8 Å². The van der Waals surface area contributed by atoms with Crippen molar-refractivity contribution in [3.8, 4) is 0 Å². The predicted molar refractivity (Wildman–Crippen MR) is 67.9 cm³/mol. The number of thiophene rings is 1. The van der Waals surface area contributed by atoms with Gasteiger partial charge in [0.25, 0.3) is 0 Å². The van der Waals surface area contributed by atoms with Gasteiger partial charge in [-0.2, -0.15) is 0 Å². The highest BCUT2D eigenvalue weighted by atomic mass is 32.1. The molecule has 0 radical (unpaired) electrons. The molecule has 2 aromatic heterocycles. The maximum atomic E-state index is 4.34. The van der Waals surface area contributed by atoms with Crippen LogP contribution in [0, 0.1) is 6.92 Å². The summed E-state index contributed by atoms with van der Waals surface area (Å²) in [7, 11) is 0. The van der Waals surface area contributed by atoms with Crippen LogP contribution in [0.15, 0.2) is 17.0 Å². The van der Waals surface area contributed by atoms with Crippen molar-refractivity contribution in [2.24, 2.45) is 0 Å². The molecular weight excluding hydrogens is 224 g/mol. The Morgan fingerprint density at radius 1 is 1.40 bits per heavy atom. The molecule has 0 saturated heterocycles. The summed E-state index contributed by atoms with van der Waals surface area (Å²) in [6, 6.07) is 0. The molecular formula is C11H14N2S2. The summed E-state index contributed by atoms with van der Waals surface area (Å²) in [6.07, 6.45) is 3.00. The van der Waals surface area contributed by atoms with Gasteiger partial charge in [-0.1, -0.05) is 6.92 Å². The largest absolute Gasteiger partial charge is 0.379 e. The molecule has 0 aliphatic rings. The van der Waals surface area contributed by atoms with Gasteiger partial charge in [-0.05, 0) is 24.3 Å². The Balaban J connectivity index is 1.96. The van der Waals surface area contributed by atoms with Gasteiger partial charge in [0.2, 0.25) is 0 Å². The van der Waals surface area contributed by atoms with E-state index >= 15 is 0 Å². The molecule has 2 nitrogen and oxygen atoms in total. The first-order valence-electron chi connectivity index (χ1n) is 5.00. The Kier molecular flexibility index (Phi) is 3.38. The van der Waals surface area contributed by atoms with Crippen LogP contribution in [-0.2, 0) is 13.0 Å². The second kappa shape index (κ2) is 4.77. The van der Waals surface area contributed by atoms with Gasteiger partial charge < -0.3 is 5.32 Å². The van der Waals surface area contributed by atoms with Crippen LogP contribution in [0.25, 0.3) is 0 Å². The van der Waals surface area contributed by atoms with E-state index in [1.165, 1.54) is 21.1 Å². The lowest BCUT2D eigenvalue weighted by Gasteiger charge is -2.02. The van der Waals surface area contributed by atoms with E-state index in [-0.39, 0.29) is 0 Å². The van der Waals surface area contributed by atoms with E-state index in [4.69, 9.17) is 0 Å². The lowest BCUT2D eigenvalue weighted by molar-refractivity contribution is 1.09. The third-order valence-corrected chi connectivity index (χ3v) is 4.22. The summed E-state index contributed by atoms with van der Waals surface area (Å²) >= 11 is 3.53. The maximum Gasteiger partial charge on any atom is 0.0925 e. The fourth-order valence-corrected chi connectivity index (χ4v) is 2.92. The topological polar surface area (TPSA) is 24.9 Å². The first-order chi connectivity index (χ1) is 7.29. The number of rotatable bonds is 4. The van der Waals surface area contributed by atoms with Crippen molar-refractivity contribution < 1.29 is 0 Å². The molecule has 0 saturated carbocycles. The van der Waals surface area contributed by atoms with Crippen LogP contribution in [0.1, 0.15) is 22.4 Å². The first-order valence-corrected chi connectivity index (χ1v) is 6.75. The normalized spacial score (nSPS) is 10.5. The lowest BCUT2D eigenvalue weighted by atomic mass is 10.3. The first kappa shape index (κ1) is 10.6. The Hall–Kier alpha value is -0.870. The molecule has 2 aromatic rings. The number of anilines is 1. The number of nitrogens with one attached hydrogen (secondary N) is 1. The minimum atomic E-state index is 0.884. The molecule has 0 aliphatic carbocycles. The average Bonchev–Trinajstić information content (AvgIpc) is 2.84. The lowest BCUT2D eigenvalue weighted by Crippen LogP contribution is -1.96. The second-order valence-corrected chi connectivity index (χ2v) is 5.34. The van der Waals surface area contributed by atoms with Gasteiger partial charge in [-0.3, -0.25) is 0 Å². The molecule has 15 heavy (non-hydrogen) atoms. The Labute approximate surface area is 98.0 Å². The van der Waals surface area contributed by atoms with Crippen LogP contribution >= 0.6 is 22.7 Å². The van der Waals surface area contributed by atoms with Gasteiger partial charge in [-0.25, -0.2) is 4.98 Å². The van der Waals surface area contributed by atoms with Gasteiger partial charge in [0, 0.05) is 22.1 Å². The van der Waals surface area contributed by atoms with E-state index < -0.39 is 0 Å². The van der Waals surface area contributed by atoms with Crippen molar-refractivity contribution in [3.63, 3.8) is 0 Å². The zero-order chi connectivity index (χ0) is 10.7. The summed E-state index contributed by atoms with van der Waals surface area (Å²) in [6.45, 7) is 5.15. The highest BCUT2D eigenvalue weighted by molar-refractivity contribution is 7.11. The monoisotopic (exact) mass is 238 g/mol. The fourth-order valence-electron chi connectivity index (χ4n) is 1.32. The van der Waals surface area contributed by atoms with E-state index in [1.807, 2.05) is 6.20 Å². The molecule has 4 heteroatoms. The second-order valence-electron chi connectivity index (χ2n) is 3.40. The number of aromatic nitrogens is 1. The fraction of sp³-hybridized carbons (Fsp3) is 0.364. The SMILES string of the molecule is CCc1ncc(CNc2cscc2C)s1. The molecule has 1 N–H and O–H groups in total. The maximum absolute atomic E-state index is 4.34. The van der Waals surface area contributed by atoms with Crippen LogP contribution < -0.4 is 5.32 Å². The summed E-state index contributed by atoms with van der Waals surface area (Å²) in [5.41, 5.74) is 2.56. The number of hydrogen-bond donors (Lipinski definition) is 1. The molecule has 0 atom stereocenters. The van der Waals surface area contributed by atoms with Crippen molar-refractivity contribution in [1.82, 2.24) is 4.98 Å². The van der Waals surface area contributed by atoms with Crippen LogP contribution in [0.2, 0.25) is 0 Å². The van der Waals surface area contributed by atoms with Crippen LogP contribution in [0.3, 0.4) is 0 Å². The highest BCUT2D eigenvalue weighted by Crippen LogP contribution is 2.21. The van der Waals surface area contributed by atoms with Gasteiger partial charge in [0.15, 0.2) is 0 Å². The minimum Gasteiger partial charge on any atom is -0.379 e. The number of aryl methyl sites for hydroxylation is 2. The third-order valence-electron chi connectivity index (χ3n) is 2.21. The highest BCUT2D eigenvalue weighted by Gasteiger charge is 2.02. The minimum absolute atomic E-state index is 0.884. The summed E-state index contributed by atoms with van der Waals surface area (Å²) in [5.74, 6) is 0. The van der Waals surface area contributed by atoms with Crippen molar-refractivity contribution in [3.05, 3.63) is 32.4 Å². The van der Waals surface area contributed by atoms with Crippen LogP contribution in [0.4, 0.5) is 5.69 Å². The molecule has 0 aromatic carbocycles. The molecule has 0 unspecified atom stereocenters. The zero-order valence-electron chi connectivity index (χ0n) is 8.91. The number of hydrogen-bond acceptors (Lipinski definition) is 4. The van der Waals surface area contributed by atoms with E-state index in [9.17, 15) is 0 Å². The quantitative estimate of drug-likeness (QED) is 0.878. The van der Waals surface area contributed by atoms with Crippen molar-refractivity contribution in [2.75, 3.05) is 5.32 Å². The summed E-state index contributed by atoms with van der Waals surface area (Å²) in [4.78, 5) is 5.64.